The Bertz CT molecular complexity index is 364. The van der Waals surface area contributed by atoms with Crippen LogP contribution < -0.4 is 5.73 Å². The molecule has 4 heteroatoms. The third-order valence-electron chi connectivity index (χ3n) is 1.81. The van der Waals surface area contributed by atoms with Crippen molar-refractivity contribution in [3.8, 4) is 0 Å². The van der Waals surface area contributed by atoms with Crippen LogP contribution in [0.15, 0.2) is 40.9 Å². The lowest BCUT2D eigenvalue weighted by Crippen LogP contribution is -2.32. The van der Waals surface area contributed by atoms with E-state index in [1.54, 1.807) is 18.2 Å². The first-order valence-corrected chi connectivity index (χ1v) is 3.88. The Balaban J connectivity index is 2.44. The van der Waals surface area contributed by atoms with E-state index in [1.165, 1.54) is 0 Å². The predicted octanol–water partition coefficient (Wildman–Crippen LogP) is 0.279. The summed E-state index contributed by atoms with van der Waals surface area (Å²) in [5.41, 5.74) is 5.82. The lowest BCUT2D eigenvalue weighted by molar-refractivity contribution is -0.132. The van der Waals surface area contributed by atoms with Gasteiger partial charge in [0, 0.05) is 0 Å². The van der Waals surface area contributed by atoms with Crippen molar-refractivity contribution in [2.75, 3.05) is 0 Å². The Morgan fingerprint density at radius 1 is 1.38 bits per heavy atom. The van der Waals surface area contributed by atoms with Crippen molar-refractivity contribution in [3.05, 3.63) is 36.0 Å². The Morgan fingerprint density at radius 3 is 3.08 bits per heavy atom. The maximum Gasteiger partial charge on any atom is 0.344 e. The van der Waals surface area contributed by atoms with Crippen LogP contribution in [0.25, 0.3) is 0 Å². The molecular formula is C9H8N2O2. The van der Waals surface area contributed by atoms with Crippen molar-refractivity contribution in [2.45, 2.75) is 6.04 Å². The second-order valence-corrected chi connectivity index (χ2v) is 2.69. The molecule has 1 aliphatic carbocycles. The average Bonchev–Trinajstić information content (AvgIpc) is 2.28. The van der Waals surface area contributed by atoms with Gasteiger partial charge in [-0.25, -0.2) is 9.79 Å². The molecule has 13 heavy (non-hydrogen) atoms. The normalized spacial score (nSPS) is 25.5. The first-order chi connectivity index (χ1) is 6.27. The number of nitrogens with two attached hydrogens (primary N) is 1. The van der Waals surface area contributed by atoms with Crippen LogP contribution in [0.5, 0.6) is 0 Å². The van der Waals surface area contributed by atoms with Crippen molar-refractivity contribution in [2.24, 2.45) is 10.7 Å². The molecule has 0 fully saturated rings. The van der Waals surface area contributed by atoms with E-state index in [0.717, 1.165) is 0 Å². The number of nitrogens with zero attached hydrogens (tertiary/aromatic N) is 1. The molecule has 0 amide bonds. The number of carbonyl (C=O) groups is 1. The molecule has 0 saturated heterocycles. The van der Waals surface area contributed by atoms with Gasteiger partial charge in [0.25, 0.3) is 6.02 Å². The first kappa shape index (κ1) is 7.79. The number of hydrogen-bond acceptors (Lipinski definition) is 4. The van der Waals surface area contributed by atoms with Crippen molar-refractivity contribution in [1.82, 2.24) is 0 Å². The number of esters is 1. The number of carbonyl (C=O) groups excluding carboxylic acids is 1. The average molecular weight is 176 g/mol. The van der Waals surface area contributed by atoms with Gasteiger partial charge in [-0.3, -0.25) is 0 Å². The molecule has 4 nitrogen and oxygen atoms in total. The van der Waals surface area contributed by atoms with Crippen LogP contribution >= 0.6 is 0 Å². The number of cyclic esters (lactones) is 1. The SMILES string of the molecule is NC1=NC2C=CC=CC=C2C(=O)O1. The summed E-state index contributed by atoms with van der Waals surface area (Å²) in [5, 5.41) is 0. The zero-order chi connectivity index (χ0) is 9.26. The monoisotopic (exact) mass is 176 g/mol. The molecule has 1 atom stereocenters. The van der Waals surface area contributed by atoms with Crippen LogP contribution in [0.3, 0.4) is 0 Å². The zero-order valence-corrected chi connectivity index (χ0v) is 6.81. The molecule has 2 N–H and O–H groups in total. The molecule has 1 unspecified atom stereocenters. The highest BCUT2D eigenvalue weighted by molar-refractivity contribution is 6.01. The highest BCUT2D eigenvalue weighted by atomic mass is 16.6. The van der Waals surface area contributed by atoms with Gasteiger partial charge in [0.1, 0.15) is 6.04 Å². The lowest BCUT2D eigenvalue weighted by Gasteiger charge is -2.16. The number of hydrogen-bond donors (Lipinski definition) is 1. The van der Waals surface area contributed by atoms with Crippen molar-refractivity contribution < 1.29 is 9.53 Å². The van der Waals surface area contributed by atoms with E-state index in [0.29, 0.717) is 5.57 Å². The van der Waals surface area contributed by atoms with Gasteiger partial charge in [0.15, 0.2) is 0 Å². The minimum absolute atomic E-state index is 0.0706. The maximum atomic E-state index is 11.3. The van der Waals surface area contributed by atoms with Gasteiger partial charge in [-0.15, -0.1) is 0 Å². The molecule has 2 aliphatic rings. The van der Waals surface area contributed by atoms with Crippen LogP contribution in [-0.4, -0.2) is 18.0 Å². The number of ether oxygens (including phenoxy) is 1. The molecule has 0 saturated carbocycles. The molecule has 0 bridgehead atoms. The van der Waals surface area contributed by atoms with E-state index >= 15 is 0 Å². The minimum atomic E-state index is -0.422. The molecule has 0 aromatic heterocycles. The molecule has 66 valence electrons. The zero-order valence-electron chi connectivity index (χ0n) is 6.81. The fraction of sp³-hybridized carbons (Fsp3) is 0.111. The molecule has 1 heterocycles. The number of rotatable bonds is 0. The standard InChI is InChI=1S/C9H8N2O2/c10-9-11-7-5-3-1-2-4-6(7)8(12)13-9/h1-5,7H,(H2,10,11). The van der Waals surface area contributed by atoms with Crippen molar-refractivity contribution in [1.29, 1.82) is 0 Å². The molecule has 2 rings (SSSR count). The summed E-state index contributed by atoms with van der Waals surface area (Å²) >= 11 is 0. The van der Waals surface area contributed by atoms with Crippen LogP contribution in [0, 0.1) is 0 Å². The van der Waals surface area contributed by atoms with Crippen LogP contribution in [0.2, 0.25) is 0 Å². The number of amidine groups is 1. The van der Waals surface area contributed by atoms with Gasteiger partial charge >= 0.3 is 5.97 Å². The van der Waals surface area contributed by atoms with Crippen LogP contribution in [0.1, 0.15) is 0 Å². The van der Waals surface area contributed by atoms with E-state index in [1.807, 2.05) is 12.2 Å². The van der Waals surface area contributed by atoms with Crippen molar-refractivity contribution in [3.63, 3.8) is 0 Å². The van der Waals surface area contributed by atoms with E-state index in [9.17, 15) is 4.79 Å². The third-order valence-corrected chi connectivity index (χ3v) is 1.81. The van der Waals surface area contributed by atoms with Gasteiger partial charge in [-0.05, 0) is 6.08 Å². The van der Waals surface area contributed by atoms with Gasteiger partial charge in [0.05, 0.1) is 5.57 Å². The summed E-state index contributed by atoms with van der Waals surface area (Å²) < 4.78 is 4.66. The molecule has 1 aliphatic heterocycles. The van der Waals surface area contributed by atoms with Gasteiger partial charge in [-0.2, -0.15) is 0 Å². The Hall–Kier alpha value is -1.84. The first-order valence-electron chi connectivity index (χ1n) is 3.88. The Labute approximate surface area is 75.1 Å². The van der Waals surface area contributed by atoms with E-state index in [-0.39, 0.29) is 12.1 Å². The Morgan fingerprint density at radius 2 is 2.23 bits per heavy atom. The van der Waals surface area contributed by atoms with Gasteiger partial charge in [0.2, 0.25) is 0 Å². The smallest absolute Gasteiger partial charge is 0.344 e. The fourth-order valence-corrected chi connectivity index (χ4v) is 1.21. The van der Waals surface area contributed by atoms with E-state index < -0.39 is 5.97 Å². The van der Waals surface area contributed by atoms with E-state index in [4.69, 9.17) is 5.73 Å². The van der Waals surface area contributed by atoms with Gasteiger partial charge in [-0.1, -0.05) is 24.3 Å². The molecule has 0 radical (unpaired) electrons. The number of allylic oxidation sites excluding steroid dienone is 4. The maximum absolute atomic E-state index is 11.3. The molecule has 0 spiro atoms. The summed E-state index contributed by atoms with van der Waals surface area (Å²) in [6, 6.07) is -0.366. The van der Waals surface area contributed by atoms with E-state index in [2.05, 4.69) is 9.73 Å². The highest BCUT2D eigenvalue weighted by Gasteiger charge is 2.25. The Kier molecular flexibility index (Phi) is 1.73. The van der Waals surface area contributed by atoms with Crippen molar-refractivity contribution >= 4 is 12.0 Å². The molecule has 0 aromatic rings. The topological polar surface area (TPSA) is 64.7 Å². The largest absolute Gasteiger partial charge is 0.389 e. The van der Waals surface area contributed by atoms with Crippen LogP contribution in [0.4, 0.5) is 0 Å². The van der Waals surface area contributed by atoms with Crippen LogP contribution in [-0.2, 0) is 9.53 Å². The quantitative estimate of drug-likeness (QED) is 0.539. The number of fused-ring (bicyclic) bond motifs is 1. The summed E-state index contributed by atoms with van der Waals surface area (Å²) in [4.78, 5) is 15.2. The van der Waals surface area contributed by atoms with Gasteiger partial charge < -0.3 is 10.5 Å². The fourth-order valence-electron chi connectivity index (χ4n) is 1.21. The summed E-state index contributed by atoms with van der Waals surface area (Å²) in [5.74, 6) is -0.422. The summed E-state index contributed by atoms with van der Waals surface area (Å²) in [6.07, 6.45) is 8.89. The lowest BCUT2D eigenvalue weighted by atomic mass is 10.1. The minimum Gasteiger partial charge on any atom is -0.389 e. The second-order valence-electron chi connectivity index (χ2n) is 2.69. The predicted molar refractivity (Wildman–Crippen MR) is 47.9 cm³/mol. The molecule has 0 aromatic carbocycles. The summed E-state index contributed by atoms with van der Waals surface area (Å²) in [7, 11) is 0. The number of aliphatic imine (C=N–C) groups is 1. The molecular weight excluding hydrogens is 168 g/mol. The highest BCUT2D eigenvalue weighted by Crippen LogP contribution is 2.17. The second kappa shape index (κ2) is 2.90. The third kappa shape index (κ3) is 1.38. The summed E-state index contributed by atoms with van der Waals surface area (Å²) in [6.45, 7) is 0.